The zero-order valence-corrected chi connectivity index (χ0v) is 26.0. The maximum Gasteiger partial charge on any atom is 3.00 e. The fraction of sp³-hybridized carbons (Fsp3) is 0.267. The SMILES string of the molecule is CC(C)=c1ccc2c(c1C1C(CCO[Si](C)(C)C)=Cc3ccccc31)[C-]=c1ccccc1=2.[Cl-].[Cl-].[Zr+3]. The summed E-state index contributed by atoms with van der Waals surface area (Å²) in [5.41, 5.74) is 8.23. The first-order chi connectivity index (χ1) is 15.3. The third-order valence-electron chi connectivity index (χ3n) is 6.49. The first-order valence-electron chi connectivity index (χ1n) is 11.6. The molecule has 0 fully saturated rings. The fourth-order valence-corrected chi connectivity index (χ4v) is 5.81. The maximum absolute atomic E-state index is 6.27. The van der Waals surface area contributed by atoms with Crippen LogP contribution in [0.5, 0.6) is 0 Å². The first-order valence-corrected chi connectivity index (χ1v) is 15.0. The number of fused-ring (bicyclic) bond motifs is 3. The molecule has 0 amide bonds. The van der Waals surface area contributed by atoms with Crippen molar-refractivity contribution in [2.45, 2.75) is 45.8 Å². The van der Waals surface area contributed by atoms with Gasteiger partial charge in [-0.2, -0.15) is 0 Å². The van der Waals surface area contributed by atoms with Crippen molar-refractivity contribution in [1.29, 1.82) is 0 Å². The number of halogens is 2. The van der Waals surface area contributed by atoms with Crippen LogP contribution >= 0.6 is 0 Å². The van der Waals surface area contributed by atoms with Gasteiger partial charge in [0.2, 0.25) is 0 Å². The summed E-state index contributed by atoms with van der Waals surface area (Å²) in [5.74, 6) is 0.248. The molecule has 5 heteroatoms. The van der Waals surface area contributed by atoms with E-state index in [0.717, 1.165) is 13.0 Å². The Bertz CT molecular complexity index is 1470. The smallest absolute Gasteiger partial charge is 1.00 e. The van der Waals surface area contributed by atoms with Gasteiger partial charge in [-0.05, 0) is 51.0 Å². The summed E-state index contributed by atoms with van der Waals surface area (Å²) in [7, 11) is -1.54. The summed E-state index contributed by atoms with van der Waals surface area (Å²) < 4.78 is 6.27. The van der Waals surface area contributed by atoms with E-state index in [0.29, 0.717) is 0 Å². The van der Waals surface area contributed by atoms with Crippen molar-refractivity contribution < 1.29 is 55.4 Å². The summed E-state index contributed by atoms with van der Waals surface area (Å²) >= 11 is 0. The Kier molecular flexibility index (Phi) is 10.2. The average molecular weight is 598 g/mol. The Morgan fingerprint density at radius 2 is 1.57 bits per heavy atom. The molecular formula is C30H31Cl2OSiZr. The summed E-state index contributed by atoms with van der Waals surface area (Å²) in [6, 6.07) is 22.1. The molecule has 2 aliphatic rings. The molecule has 1 nitrogen and oxygen atoms in total. The Morgan fingerprint density at radius 3 is 2.29 bits per heavy atom. The molecule has 0 bridgehead atoms. The molecule has 0 aromatic heterocycles. The van der Waals surface area contributed by atoms with Crippen molar-refractivity contribution >= 4 is 26.0 Å². The predicted molar refractivity (Wildman–Crippen MR) is 137 cm³/mol. The van der Waals surface area contributed by atoms with Crippen molar-refractivity contribution in [2.75, 3.05) is 6.61 Å². The Labute approximate surface area is 241 Å². The van der Waals surface area contributed by atoms with E-state index in [2.05, 4.69) is 106 Å². The van der Waals surface area contributed by atoms with Gasteiger partial charge in [-0.25, -0.2) is 0 Å². The second kappa shape index (κ2) is 11.9. The summed E-state index contributed by atoms with van der Waals surface area (Å²) in [6.07, 6.45) is 7.15. The van der Waals surface area contributed by atoms with Crippen LogP contribution in [-0.2, 0) is 30.6 Å². The van der Waals surface area contributed by atoms with E-state index >= 15 is 0 Å². The molecular weight excluding hydrogens is 567 g/mol. The van der Waals surface area contributed by atoms with Gasteiger partial charge in [0.15, 0.2) is 8.32 Å². The largest absolute Gasteiger partial charge is 3.00 e. The molecule has 0 saturated heterocycles. The van der Waals surface area contributed by atoms with Crippen LogP contribution in [0.15, 0.2) is 66.2 Å². The van der Waals surface area contributed by atoms with E-state index in [1.165, 1.54) is 54.3 Å². The molecule has 0 heterocycles. The van der Waals surface area contributed by atoms with Crippen LogP contribution in [-0.4, -0.2) is 14.9 Å². The molecule has 1 atom stereocenters. The number of rotatable bonds is 5. The normalized spacial score (nSPS) is 14.8. The van der Waals surface area contributed by atoms with Crippen molar-refractivity contribution in [3.05, 3.63) is 109 Å². The summed E-state index contributed by atoms with van der Waals surface area (Å²) in [4.78, 5) is 0. The van der Waals surface area contributed by atoms with Crippen molar-refractivity contribution in [3.8, 4) is 0 Å². The molecule has 1 radical (unpaired) electrons. The molecule has 0 spiro atoms. The fourth-order valence-electron chi connectivity index (χ4n) is 5.10. The van der Waals surface area contributed by atoms with Crippen LogP contribution in [0.25, 0.3) is 17.7 Å². The molecule has 3 aromatic rings. The molecule has 0 saturated carbocycles. The molecule has 0 aliphatic heterocycles. The molecule has 35 heavy (non-hydrogen) atoms. The topological polar surface area (TPSA) is 9.23 Å². The van der Waals surface area contributed by atoms with E-state index in [4.69, 9.17) is 4.43 Å². The van der Waals surface area contributed by atoms with Crippen LogP contribution in [0.2, 0.25) is 19.6 Å². The van der Waals surface area contributed by atoms with Gasteiger partial charge in [-0.1, -0.05) is 82.6 Å². The molecule has 1 unspecified atom stereocenters. The minimum atomic E-state index is -1.54. The molecule has 0 N–H and O–H groups in total. The number of benzene rings is 3. The van der Waals surface area contributed by atoms with E-state index in [1.54, 1.807) is 0 Å². The van der Waals surface area contributed by atoms with Gasteiger partial charge in [-0.3, -0.25) is 0 Å². The van der Waals surface area contributed by atoms with Crippen LogP contribution in [0.3, 0.4) is 0 Å². The zero-order valence-electron chi connectivity index (χ0n) is 21.0. The van der Waals surface area contributed by atoms with Crippen LogP contribution in [0.4, 0.5) is 0 Å². The van der Waals surface area contributed by atoms with Gasteiger partial charge in [-0.15, -0.1) is 33.4 Å². The molecule has 3 aromatic carbocycles. The quantitative estimate of drug-likeness (QED) is 0.232. The minimum absolute atomic E-state index is 0. The van der Waals surface area contributed by atoms with Crippen molar-refractivity contribution in [3.63, 3.8) is 0 Å². The third kappa shape index (κ3) is 5.86. The Morgan fingerprint density at radius 1 is 0.886 bits per heavy atom. The van der Waals surface area contributed by atoms with Gasteiger partial charge in [0.05, 0.1) is 0 Å². The molecule has 2 aliphatic carbocycles. The van der Waals surface area contributed by atoms with Crippen LogP contribution in [0, 0.1) is 10.4 Å². The van der Waals surface area contributed by atoms with E-state index in [-0.39, 0.29) is 56.9 Å². The van der Waals surface area contributed by atoms with Gasteiger partial charge < -0.3 is 29.2 Å². The third-order valence-corrected chi connectivity index (χ3v) is 7.56. The number of hydrogen-bond donors (Lipinski definition) is 0. The van der Waals surface area contributed by atoms with Crippen LogP contribution < -0.4 is 35.3 Å². The van der Waals surface area contributed by atoms with Gasteiger partial charge in [0.25, 0.3) is 0 Å². The van der Waals surface area contributed by atoms with E-state index in [1.807, 2.05) is 0 Å². The first kappa shape index (κ1) is 30.0. The average Bonchev–Trinajstić information content (AvgIpc) is 3.30. The second-order valence-corrected chi connectivity index (χ2v) is 14.6. The summed E-state index contributed by atoms with van der Waals surface area (Å²) in [5, 5.41) is 5.15. The Balaban J connectivity index is 0.00000144. The minimum Gasteiger partial charge on any atom is -1.00 e. The maximum atomic E-state index is 6.27. The van der Waals surface area contributed by atoms with Crippen molar-refractivity contribution in [1.82, 2.24) is 0 Å². The molecule has 179 valence electrons. The monoisotopic (exact) mass is 595 g/mol. The van der Waals surface area contributed by atoms with Crippen LogP contribution in [0.1, 0.15) is 48.4 Å². The van der Waals surface area contributed by atoms with E-state index in [9.17, 15) is 0 Å². The van der Waals surface area contributed by atoms with Gasteiger partial charge >= 0.3 is 26.2 Å². The zero-order chi connectivity index (χ0) is 22.5. The predicted octanol–water partition coefficient (Wildman–Crippen LogP) is -0.0407. The molecule has 5 rings (SSSR count). The van der Waals surface area contributed by atoms with E-state index < -0.39 is 8.32 Å². The second-order valence-electron chi connectivity index (χ2n) is 10.1. The standard InChI is InChI=1S/C30H31OSi.2ClH.Zr/c1-20(2)24-14-15-27-25-12-8-6-11-22(25)19-28(27)30(24)29-23(16-17-31-32(3,4)5)18-21-10-7-9-13-26(21)29;;;/h6-15,18,29H,16-17H2,1-5H3;2*1H;/q-1;;;+3/p-2. The number of hydrogen-bond acceptors (Lipinski definition) is 1. The Hall–Kier alpha value is -1.22. The van der Waals surface area contributed by atoms with Gasteiger partial charge in [0, 0.05) is 12.5 Å². The van der Waals surface area contributed by atoms with Gasteiger partial charge in [0.1, 0.15) is 0 Å². The summed E-state index contributed by atoms with van der Waals surface area (Å²) in [6.45, 7) is 12.0. The van der Waals surface area contributed by atoms with Crippen molar-refractivity contribution in [2.24, 2.45) is 0 Å².